The van der Waals surface area contributed by atoms with Crippen molar-refractivity contribution in [2.45, 2.75) is 13.0 Å². The largest absolute Gasteiger partial charge is 0.489 e. The third-order valence-electron chi connectivity index (χ3n) is 2.49. The van der Waals surface area contributed by atoms with Gasteiger partial charge < -0.3 is 10.5 Å². The number of hydrogen-bond donors (Lipinski definition) is 1. The minimum atomic E-state index is 0.00424. The first-order valence-corrected chi connectivity index (χ1v) is 5.64. The van der Waals surface area contributed by atoms with Crippen LogP contribution in [0.2, 0.25) is 5.02 Å². The number of fused-ring (bicyclic) bond motifs is 1. The van der Waals surface area contributed by atoms with E-state index in [1.54, 1.807) is 0 Å². The van der Waals surface area contributed by atoms with Crippen molar-refractivity contribution >= 4 is 22.4 Å². The van der Waals surface area contributed by atoms with Gasteiger partial charge in [-0.1, -0.05) is 35.9 Å². The van der Waals surface area contributed by atoms with Gasteiger partial charge in [-0.2, -0.15) is 0 Å². The number of halogens is 1. The molecule has 2 N–H and O–H groups in total. The Morgan fingerprint density at radius 3 is 2.56 bits per heavy atom. The molecule has 0 radical (unpaired) electrons. The first-order valence-electron chi connectivity index (χ1n) is 5.26. The Hall–Kier alpha value is -1.25. The molecule has 1 unspecified atom stereocenters. The number of rotatable bonds is 3. The lowest BCUT2D eigenvalue weighted by Crippen LogP contribution is -2.22. The van der Waals surface area contributed by atoms with Crippen molar-refractivity contribution in [2.24, 2.45) is 5.73 Å². The molecule has 0 saturated carbocycles. The molecule has 16 heavy (non-hydrogen) atoms. The highest BCUT2D eigenvalue weighted by Crippen LogP contribution is 2.31. The van der Waals surface area contributed by atoms with Gasteiger partial charge in [0.15, 0.2) is 0 Å². The average molecular weight is 236 g/mol. The van der Waals surface area contributed by atoms with E-state index in [4.69, 9.17) is 22.1 Å². The molecule has 0 aliphatic carbocycles. The Bertz CT molecular complexity index is 498. The normalized spacial score (nSPS) is 12.7. The number of nitrogens with two attached hydrogens (primary N) is 1. The number of benzene rings is 2. The van der Waals surface area contributed by atoms with Crippen LogP contribution in [0.4, 0.5) is 0 Å². The summed E-state index contributed by atoms with van der Waals surface area (Å²) in [4.78, 5) is 0. The van der Waals surface area contributed by atoms with E-state index in [-0.39, 0.29) is 6.10 Å². The fourth-order valence-corrected chi connectivity index (χ4v) is 1.83. The van der Waals surface area contributed by atoms with Crippen molar-refractivity contribution in [1.82, 2.24) is 0 Å². The van der Waals surface area contributed by atoms with Crippen LogP contribution in [-0.2, 0) is 0 Å². The Balaban J connectivity index is 2.50. The van der Waals surface area contributed by atoms with E-state index in [9.17, 15) is 0 Å². The molecule has 0 aliphatic heterocycles. The fourth-order valence-electron chi connectivity index (χ4n) is 1.60. The summed E-state index contributed by atoms with van der Waals surface area (Å²) in [6, 6.07) is 11.7. The Kier molecular flexibility index (Phi) is 3.32. The molecule has 0 fully saturated rings. The van der Waals surface area contributed by atoms with Crippen LogP contribution in [0.25, 0.3) is 10.8 Å². The molecule has 0 aromatic heterocycles. The van der Waals surface area contributed by atoms with Gasteiger partial charge in [-0.25, -0.2) is 0 Å². The highest BCUT2D eigenvalue weighted by atomic mass is 35.5. The van der Waals surface area contributed by atoms with Crippen molar-refractivity contribution in [3.05, 3.63) is 41.4 Å². The van der Waals surface area contributed by atoms with Gasteiger partial charge in [0.2, 0.25) is 0 Å². The topological polar surface area (TPSA) is 35.2 Å². The smallest absolute Gasteiger partial charge is 0.127 e. The number of ether oxygens (including phenoxy) is 1. The quantitative estimate of drug-likeness (QED) is 0.887. The van der Waals surface area contributed by atoms with Gasteiger partial charge in [0, 0.05) is 22.3 Å². The predicted octanol–water partition coefficient (Wildman–Crippen LogP) is 3.22. The molecule has 0 heterocycles. The Morgan fingerprint density at radius 1 is 1.19 bits per heavy atom. The zero-order valence-corrected chi connectivity index (χ0v) is 9.87. The molecule has 3 heteroatoms. The number of hydrogen-bond acceptors (Lipinski definition) is 2. The Labute approximate surface area is 100.0 Å². The predicted molar refractivity (Wildman–Crippen MR) is 68.1 cm³/mol. The maximum atomic E-state index is 6.12. The van der Waals surface area contributed by atoms with E-state index in [0.717, 1.165) is 21.5 Å². The molecular formula is C13H14ClNO. The molecule has 84 valence electrons. The van der Waals surface area contributed by atoms with Crippen molar-refractivity contribution < 1.29 is 4.74 Å². The summed E-state index contributed by atoms with van der Waals surface area (Å²) in [5, 5.41) is 2.77. The van der Waals surface area contributed by atoms with Crippen LogP contribution in [0.5, 0.6) is 5.75 Å². The van der Waals surface area contributed by atoms with Crippen LogP contribution >= 0.6 is 11.6 Å². The van der Waals surface area contributed by atoms with Crippen LogP contribution in [0.3, 0.4) is 0 Å². The highest BCUT2D eigenvalue weighted by Gasteiger charge is 2.07. The average Bonchev–Trinajstić information content (AvgIpc) is 2.33. The lowest BCUT2D eigenvalue weighted by Gasteiger charge is -2.14. The molecule has 0 bridgehead atoms. The molecule has 2 nitrogen and oxygen atoms in total. The van der Waals surface area contributed by atoms with Gasteiger partial charge in [0.05, 0.1) is 0 Å². The summed E-state index contributed by atoms with van der Waals surface area (Å²) in [7, 11) is 0. The van der Waals surface area contributed by atoms with Gasteiger partial charge in [-0.3, -0.25) is 0 Å². The maximum absolute atomic E-state index is 6.12. The summed E-state index contributed by atoms with van der Waals surface area (Å²) in [5.41, 5.74) is 5.54. The van der Waals surface area contributed by atoms with E-state index in [0.29, 0.717) is 6.54 Å². The van der Waals surface area contributed by atoms with Crippen LogP contribution in [0.1, 0.15) is 6.92 Å². The lowest BCUT2D eigenvalue weighted by atomic mass is 10.1. The minimum Gasteiger partial charge on any atom is -0.489 e. The van der Waals surface area contributed by atoms with E-state index >= 15 is 0 Å². The SMILES string of the molecule is CC(CN)Oc1ccc(Cl)c2ccccc12. The molecule has 2 rings (SSSR count). The van der Waals surface area contributed by atoms with Gasteiger partial charge in [0.25, 0.3) is 0 Å². The Morgan fingerprint density at radius 2 is 1.88 bits per heavy atom. The van der Waals surface area contributed by atoms with Gasteiger partial charge in [-0.05, 0) is 19.1 Å². The van der Waals surface area contributed by atoms with E-state index in [1.165, 1.54) is 0 Å². The summed E-state index contributed by atoms with van der Waals surface area (Å²) in [6.45, 7) is 2.44. The third kappa shape index (κ3) is 2.13. The van der Waals surface area contributed by atoms with Crippen molar-refractivity contribution in [3.8, 4) is 5.75 Å². The fraction of sp³-hybridized carbons (Fsp3) is 0.231. The van der Waals surface area contributed by atoms with Crippen LogP contribution in [-0.4, -0.2) is 12.6 Å². The first kappa shape index (κ1) is 11.2. The van der Waals surface area contributed by atoms with Crippen molar-refractivity contribution in [2.75, 3.05) is 6.54 Å². The second-order valence-corrected chi connectivity index (χ2v) is 4.16. The third-order valence-corrected chi connectivity index (χ3v) is 2.82. The zero-order chi connectivity index (χ0) is 11.5. The molecule has 0 aliphatic rings. The van der Waals surface area contributed by atoms with Crippen molar-refractivity contribution in [1.29, 1.82) is 0 Å². The van der Waals surface area contributed by atoms with E-state index < -0.39 is 0 Å². The molecule has 0 spiro atoms. The second-order valence-electron chi connectivity index (χ2n) is 3.76. The monoisotopic (exact) mass is 235 g/mol. The van der Waals surface area contributed by atoms with Crippen LogP contribution < -0.4 is 10.5 Å². The van der Waals surface area contributed by atoms with Gasteiger partial charge in [-0.15, -0.1) is 0 Å². The van der Waals surface area contributed by atoms with Gasteiger partial charge >= 0.3 is 0 Å². The minimum absolute atomic E-state index is 0.00424. The van der Waals surface area contributed by atoms with E-state index in [1.807, 2.05) is 43.3 Å². The zero-order valence-electron chi connectivity index (χ0n) is 9.11. The van der Waals surface area contributed by atoms with Crippen LogP contribution in [0, 0.1) is 0 Å². The molecule has 1 atom stereocenters. The second kappa shape index (κ2) is 4.73. The van der Waals surface area contributed by atoms with Crippen LogP contribution in [0.15, 0.2) is 36.4 Å². The summed E-state index contributed by atoms with van der Waals surface area (Å²) >= 11 is 6.12. The van der Waals surface area contributed by atoms with E-state index in [2.05, 4.69) is 0 Å². The molecule has 0 amide bonds. The highest BCUT2D eigenvalue weighted by molar-refractivity contribution is 6.35. The summed E-state index contributed by atoms with van der Waals surface area (Å²) in [6.07, 6.45) is 0.00424. The standard InChI is InChI=1S/C13H14ClNO/c1-9(8-15)16-13-7-6-12(14)10-4-2-3-5-11(10)13/h2-7,9H,8,15H2,1H3. The van der Waals surface area contributed by atoms with Gasteiger partial charge in [0.1, 0.15) is 11.9 Å². The first-order chi connectivity index (χ1) is 7.72. The molecule has 0 saturated heterocycles. The molecular weight excluding hydrogens is 222 g/mol. The molecule has 2 aromatic rings. The van der Waals surface area contributed by atoms with Crippen molar-refractivity contribution in [3.63, 3.8) is 0 Å². The summed E-state index contributed by atoms with van der Waals surface area (Å²) in [5.74, 6) is 0.831. The summed E-state index contributed by atoms with van der Waals surface area (Å²) < 4.78 is 5.75. The molecule has 2 aromatic carbocycles. The lowest BCUT2D eigenvalue weighted by molar-refractivity contribution is 0.233. The maximum Gasteiger partial charge on any atom is 0.127 e.